The number of ether oxygens (including phenoxy) is 1. The number of piperidine rings is 1. The Morgan fingerprint density at radius 2 is 2.06 bits per heavy atom. The van der Waals surface area contributed by atoms with Gasteiger partial charge in [-0.15, -0.1) is 0 Å². The fraction of sp³-hybridized carbons (Fsp3) is 0.480. The molecule has 4 heterocycles. The van der Waals surface area contributed by atoms with E-state index in [4.69, 9.17) is 21.7 Å². The van der Waals surface area contributed by atoms with Crippen LogP contribution in [0.5, 0.6) is 5.75 Å². The van der Waals surface area contributed by atoms with Crippen LogP contribution >= 0.6 is 11.6 Å². The Kier molecular flexibility index (Phi) is 6.65. The molecule has 5 rings (SSSR count). The maximum Gasteiger partial charge on any atom is 0.258 e. The van der Waals surface area contributed by atoms with Crippen molar-refractivity contribution in [1.82, 2.24) is 15.1 Å². The van der Waals surface area contributed by atoms with Gasteiger partial charge in [-0.2, -0.15) is 0 Å². The maximum atomic E-state index is 14.2. The van der Waals surface area contributed by atoms with E-state index in [0.29, 0.717) is 40.8 Å². The summed E-state index contributed by atoms with van der Waals surface area (Å²) in [5, 5.41) is 21.4. The Balaban J connectivity index is 1.33. The summed E-state index contributed by atoms with van der Waals surface area (Å²) in [6.45, 7) is 2.95. The lowest BCUT2D eigenvalue weighted by Crippen LogP contribution is -2.47. The molecular weight excluding hydrogens is 473 g/mol. The minimum absolute atomic E-state index is 0.120. The fourth-order valence-electron chi connectivity index (χ4n) is 5.55. The van der Waals surface area contributed by atoms with Gasteiger partial charge in [-0.05, 0) is 44.7 Å². The van der Waals surface area contributed by atoms with E-state index in [-0.39, 0.29) is 43.0 Å². The number of allylic oxidation sites excluding steroid dienone is 2. The smallest absolute Gasteiger partial charge is 0.258 e. The molecule has 3 N–H and O–H groups in total. The first-order valence-corrected chi connectivity index (χ1v) is 12.3. The molecule has 0 aliphatic carbocycles. The highest BCUT2D eigenvalue weighted by Gasteiger charge is 2.41. The third-order valence-corrected chi connectivity index (χ3v) is 7.65. The van der Waals surface area contributed by atoms with Crippen LogP contribution in [-0.4, -0.2) is 77.2 Å². The molecular formula is C25H29ClFN5O3. The standard InChI is InChI=1S/C25H29ClFN5O3/c1-14-21(26)11-29-24(30-14)20-12-31(13-22(20)28)25(34)19-5-2-15(27)8-23(19)35-18-9-16-3-4-17(10-18)32(16)6-7-33/h2,5,8,11,16-18,28,30,33H,3-4,6-7,9-10,12-13H2,1H3/b24-20-,28-22?/t16-,17+,18+. The zero-order valence-electron chi connectivity index (χ0n) is 19.6. The van der Waals surface area contributed by atoms with Crippen LogP contribution in [0, 0.1) is 11.2 Å². The molecule has 8 nitrogen and oxygen atoms in total. The van der Waals surface area contributed by atoms with Crippen LogP contribution in [0.2, 0.25) is 0 Å². The number of amides is 1. The second kappa shape index (κ2) is 9.72. The highest BCUT2D eigenvalue weighted by molar-refractivity contribution is 6.39. The summed E-state index contributed by atoms with van der Waals surface area (Å²) in [6, 6.07) is 4.67. The molecule has 2 bridgehead atoms. The number of aliphatic hydroxyl groups is 1. The first-order chi connectivity index (χ1) is 16.8. The normalized spacial score (nSPS) is 28.6. The van der Waals surface area contributed by atoms with Gasteiger partial charge in [-0.3, -0.25) is 9.69 Å². The Hall–Kier alpha value is -2.75. The summed E-state index contributed by atoms with van der Waals surface area (Å²) >= 11 is 6.06. The van der Waals surface area contributed by atoms with Gasteiger partial charge in [0.2, 0.25) is 0 Å². The molecule has 35 heavy (non-hydrogen) atoms. The highest BCUT2D eigenvalue weighted by atomic mass is 35.5. The molecule has 1 aromatic carbocycles. The largest absolute Gasteiger partial charge is 0.489 e. The van der Waals surface area contributed by atoms with E-state index in [1.54, 1.807) is 4.90 Å². The number of hydrogen-bond donors (Lipinski definition) is 3. The van der Waals surface area contributed by atoms with E-state index in [0.717, 1.165) is 31.4 Å². The second-order valence-electron chi connectivity index (χ2n) is 9.52. The molecule has 0 unspecified atom stereocenters. The highest BCUT2D eigenvalue weighted by Crippen LogP contribution is 2.38. The van der Waals surface area contributed by atoms with Crippen LogP contribution < -0.4 is 10.1 Å². The number of halogens is 2. The second-order valence-corrected chi connectivity index (χ2v) is 9.93. The number of nitrogens with one attached hydrogen (secondary N) is 2. The molecule has 3 saturated heterocycles. The first kappa shape index (κ1) is 24.0. The van der Waals surface area contributed by atoms with Crippen molar-refractivity contribution in [3.63, 3.8) is 0 Å². The lowest BCUT2D eigenvalue weighted by molar-refractivity contribution is 0.0382. The fourth-order valence-corrected chi connectivity index (χ4v) is 5.65. The van der Waals surface area contributed by atoms with Crippen LogP contribution in [0.15, 0.2) is 45.3 Å². The molecule has 186 valence electrons. The van der Waals surface area contributed by atoms with E-state index in [9.17, 15) is 14.3 Å². The van der Waals surface area contributed by atoms with Crippen LogP contribution in [-0.2, 0) is 0 Å². The molecule has 3 fully saturated rings. The summed E-state index contributed by atoms with van der Waals surface area (Å²) in [5.74, 6) is -0.0323. The third-order valence-electron chi connectivity index (χ3n) is 7.27. The molecule has 10 heteroatoms. The molecule has 4 aliphatic rings. The first-order valence-electron chi connectivity index (χ1n) is 11.9. The molecule has 3 atom stereocenters. The minimum atomic E-state index is -0.464. The average molecular weight is 502 g/mol. The van der Waals surface area contributed by atoms with E-state index >= 15 is 0 Å². The number of nitrogens with zero attached hydrogens (tertiary/aromatic N) is 3. The quantitative estimate of drug-likeness (QED) is 0.575. The van der Waals surface area contributed by atoms with Crippen LogP contribution in [0.25, 0.3) is 0 Å². The van der Waals surface area contributed by atoms with Crippen molar-refractivity contribution in [1.29, 1.82) is 5.41 Å². The lowest BCUT2D eigenvalue weighted by Gasteiger charge is -2.38. The number of aliphatic hydroxyl groups excluding tert-OH is 1. The molecule has 0 spiro atoms. The van der Waals surface area contributed by atoms with E-state index < -0.39 is 5.82 Å². The molecule has 1 amide bonds. The number of benzene rings is 1. The Morgan fingerprint density at radius 3 is 2.74 bits per heavy atom. The third kappa shape index (κ3) is 4.72. The van der Waals surface area contributed by atoms with Gasteiger partial charge in [0, 0.05) is 42.2 Å². The molecule has 1 aromatic rings. The van der Waals surface area contributed by atoms with Gasteiger partial charge >= 0.3 is 0 Å². The number of hydrogen-bond acceptors (Lipinski definition) is 7. The Morgan fingerprint density at radius 1 is 1.31 bits per heavy atom. The van der Waals surface area contributed by atoms with Crippen molar-refractivity contribution in [2.45, 2.75) is 50.8 Å². The molecule has 4 aliphatic heterocycles. The number of carbonyl (C=O) groups is 1. The van der Waals surface area contributed by atoms with Crippen molar-refractivity contribution < 1.29 is 19.0 Å². The number of fused-ring (bicyclic) bond motifs is 2. The summed E-state index contributed by atoms with van der Waals surface area (Å²) in [4.78, 5) is 21.6. The van der Waals surface area contributed by atoms with Gasteiger partial charge in [0.15, 0.2) is 0 Å². The summed E-state index contributed by atoms with van der Waals surface area (Å²) in [7, 11) is 0. The molecule has 0 saturated carbocycles. The zero-order chi connectivity index (χ0) is 24.7. The zero-order valence-corrected chi connectivity index (χ0v) is 20.3. The average Bonchev–Trinajstić information content (AvgIpc) is 3.32. The number of aliphatic imine (C=N–C) groups is 1. The van der Waals surface area contributed by atoms with Gasteiger partial charge in [0.05, 0.1) is 36.0 Å². The van der Waals surface area contributed by atoms with Crippen molar-refractivity contribution in [2.75, 3.05) is 26.2 Å². The van der Waals surface area contributed by atoms with Gasteiger partial charge in [-0.1, -0.05) is 11.6 Å². The van der Waals surface area contributed by atoms with Gasteiger partial charge in [0.1, 0.15) is 23.5 Å². The number of likely N-dealkylation sites (tertiary alicyclic amines) is 1. The SMILES string of the molecule is CC1=C(Cl)C=N/C(=C2\CN(C(=O)c3ccc(F)cc3O[C@H]3C[C@H]4CC[C@@H](C3)N4CCO)CC2=N)N1. The van der Waals surface area contributed by atoms with E-state index in [1.807, 2.05) is 6.92 Å². The number of rotatable bonds is 5. The van der Waals surface area contributed by atoms with Gasteiger partial charge in [0.25, 0.3) is 5.91 Å². The van der Waals surface area contributed by atoms with Crippen molar-refractivity contribution >= 4 is 29.4 Å². The van der Waals surface area contributed by atoms with Crippen molar-refractivity contribution in [3.8, 4) is 5.75 Å². The number of carbonyl (C=O) groups excluding carboxylic acids is 1. The summed E-state index contributed by atoms with van der Waals surface area (Å²) < 4.78 is 20.4. The molecule has 0 radical (unpaired) electrons. The van der Waals surface area contributed by atoms with Crippen LogP contribution in [0.1, 0.15) is 43.0 Å². The summed E-state index contributed by atoms with van der Waals surface area (Å²) in [6.07, 6.45) is 5.09. The Bertz CT molecular complexity index is 1140. The van der Waals surface area contributed by atoms with Crippen molar-refractivity contribution in [2.24, 2.45) is 4.99 Å². The predicted octanol–water partition coefficient (Wildman–Crippen LogP) is 3.02. The lowest BCUT2D eigenvalue weighted by atomic mass is 9.99. The van der Waals surface area contributed by atoms with E-state index in [1.165, 1.54) is 24.4 Å². The predicted molar refractivity (Wildman–Crippen MR) is 131 cm³/mol. The van der Waals surface area contributed by atoms with Gasteiger partial charge < -0.3 is 25.5 Å². The van der Waals surface area contributed by atoms with Gasteiger partial charge in [-0.25, -0.2) is 9.38 Å². The van der Waals surface area contributed by atoms with Crippen LogP contribution in [0.4, 0.5) is 4.39 Å². The monoisotopic (exact) mass is 501 g/mol. The maximum absolute atomic E-state index is 14.2. The van der Waals surface area contributed by atoms with Crippen molar-refractivity contribution in [3.05, 3.63) is 51.7 Å². The Labute approximate surface area is 208 Å². The topological polar surface area (TPSA) is 101 Å². The van der Waals surface area contributed by atoms with E-state index in [2.05, 4.69) is 15.2 Å². The summed E-state index contributed by atoms with van der Waals surface area (Å²) in [5.41, 5.74) is 1.93. The van der Waals surface area contributed by atoms with Crippen LogP contribution in [0.3, 0.4) is 0 Å². The minimum Gasteiger partial charge on any atom is -0.489 e. The molecule has 0 aromatic heterocycles.